The number of fused-ring (bicyclic) bond motifs is 1. The average molecular weight is 315 g/mol. The molecule has 2 unspecified atom stereocenters. The Bertz CT molecular complexity index is 438. The fraction of sp³-hybridized carbons (Fsp3) is 0.750. The topological polar surface area (TPSA) is 15.3 Å². The summed E-state index contributed by atoms with van der Waals surface area (Å²) in [6, 6.07) is 4.66. The van der Waals surface area contributed by atoms with E-state index in [1.807, 2.05) is 11.3 Å². The van der Waals surface area contributed by atoms with Gasteiger partial charge in [0, 0.05) is 22.8 Å². The van der Waals surface area contributed by atoms with Crippen LogP contribution in [0.5, 0.6) is 0 Å². The van der Waals surface area contributed by atoms with Crippen molar-refractivity contribution in [1.29, 1.82) is 0 Å². The van der Waals surface area contributed by atoms with Crippen LogP contribution in [0, 0.1) is 11.8 Å². The predicted molar refractivity (Wildman–Crippen MR) is 90.0 cm³/mol. The molecule has 1 aromatic rings. The molecule has 3 heterocycles. The highest BCUT2D eigenvalue weighted by atomic mass is 35.5. The molecule has 2 fully saturated rings. The molecule has 0 radical (unpaired) electrons. The number of rotatable bonds is 2. The van der Waals surface area contributed by atoms with Crippen molar-refractivity contribution in [2.75, 3.05) is 26.2 Å². The molecule has 0 amide bonds. The number of likely N-dealkylation sites (tertiary alicyclic amines) is 1. The molecule has 2 aliphatic heterocycles. The summed E-state index contributed by atoms with van der Waals surface area (Å²) in [5.41, 5.74) is 0.297. The van der Waals surface area contributed by atoms with Crippen molar-refractivity contribution in [2.24, 2.45) is 11.8 Å². The van der Waals surface area contributed by atoms with Crippen molar-refractivity contribution in [2.45, 2.75) is 39.2 Å². The Morgan fingerprint density at radius 2 is 2.00 bits per heavy atom. The van der Waals surface area contributed by atoms with E-state index >= 15 is 0 Å². The lowest BCUT2D eigenvalue weighted by Crippen LogP contribution is -2.39. The van der Waals surface area contributed by atoms with E-state index in [4.69, 9.17) is 0 Å². The summed E-state index contributed by atoms with van der Waals surface area (Å²) in [5.74, 6) is 1.85. The molecule has 2 atom stereocenters. The molecule has 1 aromatic heterocycles. The maximum atomic E-state index is 3.55. The van der Waals surface area contributed by atoms with E-state index in [9.17, 15) is 0 Å². The van der Waals surface area contributed by atoms with Gasteiger partial charge in [-0.25, -0.2) is 0 Å². The van der Waals surface area contributed by atoms with Crippen LogP contribution < -0.4 is 5.32 Å². The Balaban J connectivity index is 0.00000147. The van der Waals surface area contributed by atoms with Gasteiger partial charge in [0.05, 0.1) is 0 Å². The molecule has 0 aliphatic carbocycles. The monoisotopic (exact) mass is 314 g/mol. The van der Waals surface area contributed by atoms with Gasteiger partial charge >= 0.3 is 0 Å². The van der Waals surface area contributed by atoms with Crippen molar-refractivity contribution >= 4 is 23.7 Å². The molecule has 20 heavy (non-hydrogen) atoms. The van der Waals surface area contributed by atoms with Gasteiger partial charge in [-0.05, 0) is 55.4 Å². The third kappa shape index (κ3) is 3.56. The lowest BCUT2D eigenvalue weighted by molar-refractivity contribution is 0.143. The number of piperidine rings is 1. The fourth-order valence-electron chi connectivity index (χ4n) is 3.34. The van der Waals surface area contributed by atoms with E-state index in [1.165, 1.54) is 42.4 Å². The zero-order chi connectivity index (χ0) is 13.5. The predicted octanol–water partition coefficient (Wildman–Crippen LogP) is 3.51. The molecule has 2 aliphatic rings. The second kappa shape index (κ2) is 6.35. The van der Waals surface area contributed by atoms with Gasteiger partial charge in [-0.1, -0.05) is 20.8 Å². The van der Waals surface area contributed by atoms with Crippen LogP contribution in [-0.2, 0) is 12.0 Å². The average Bonchev–Trinajstić information content (AvgIpc) is 2.95. The zero-order valence-electron chi connectivity index (χ0n) is 12.8. The van der Waals surface area contributed by atoms with Crippen molar-refractivity contribution < 1.29 is 0 Å². The highest BCUT2D eigenvalue weighted by Crippen LogP contribution is 2.32. The summed E-state index contributed by atoms with van der Waals surface area (Å²) in [7, 11) is 0. The molecular weight excluding hydrogens is 288 g/mol. The second-order valence-corrected chi connectivity index (χ2v) is 8.39. The normalized spacial score (nSPS) is 27.1. The molecule has 0 spiro atoms. The molecule has 3 rings (SSSR count). The molecule has 4 heteroatoms. The highest BCUT2D eigenvalue weighted by molar-refractivity contribution is 7.12. The Morgan fingerprint density at radius 1 is 1.25 bits per heavy atom. The summed E-state index contributed by atoms with van der Waals surface area (Å²) in [5, 5.41) is 3.55. The number of hydrogen-bond acceptors (Lipinski definition) is 3. The second-order valence-electron chi connectivity index (χ2n) is 7.22. The first-order chi connectivity index (χ1) is 9.02. The minimum atomic E-state index is 0. The Morgan fingerprint density at radius 3 is 2.70 bits per heavy atom. The SMILES string of the molecule is CC(C)(C)c1ccc(CN2CCC3CNCC3C2)s1.Cl. The zero-order valence-corrected chi connectivity index (χ0v) is 14.4. The van der Waals surface area contributed by atoms with E-state index in [0.717, 1.165) is 18.4 Å². The molecule has 2 saturated heterocycles. The van der Waals surface area contributed by atoms with Crippen LogP contribution >= 0.6 is 23.7 Å². The molecular formula is C16H27ClN2S. The number of thiophene rings is 1. The van der Waals surface area contributed by atoms with Crippen LogP contribution in [0.15, 0.2) is 12.1 Å². The van der Waals surface area contributed by atoms with Crippen molar-refractivity contribution in [1.82, 2.24) is 10.2 Å². The van der Waals surface area contributed by atoms with E-state index in [-0.39, 0.29) is 12.4 Å². The van der Waals surface area contributed by atoms with E-state index < -0.39 is 0 Å². The quantitative estimate of drug-likeness (QED) is 0.898. The molecule has 1 N–H and O–H groups in total. The number of halogens is 1. The van der Waals surface area contributed by atoms with Crippen LogP contribution in [0.25, 0.3) is 0 Å². The lowest BCUT2D eigenvalue weighted by Gasteiger charge is -2.34. The van der Waals surface area contributed by atoms with Gasteiger partial charge in [-0.3, -0.25) is 4.90 Å². The van der Waals surface area contributed by atoms with E-state index in [0.29, 0.717) is 5.41 Å². The Hall–Kier alpha value is -0.0900. The third-order valence-electron chi connectivity index (χ3n) is 4.57. The summed E-state index contributed by atoms with van der Waals surface area (Å²) in [4.78, 5) is 5.71. The molecule has 0 saturated carbocycles. The lowest BCUT2D eigenvalue weighted by atomic mass is 9.89. The molecule has 2 nitrogen and oxygen atoms in total. The van der Waals surface area contributed by atoms with E-state index in [2.05, 4.69) is 43.1 Å². The summed E-state index contributed by atoms with van der Waals surface area (Å²) in [6.07, 6.45) is 1.38. The molecule has 0 aromatic carbocycles. The van der Waals surface area contributed by atoms with Gasteiger partial charge in [0.25, 0.3) is 0 Å². The number of hydrogen-bond donors (Lipinski definition) is 1. The van der Waals surface area contributed by atoms with Gasteiger partial charge in [-0.2, -0.15) is 0 Å². The highest BCUT2D eigenvalue weighted by Gasteiger charge is 2.32. The first-order valence-electron chi connectivity index (χ1n) is 7.54. The van der Waals surface area contributed by atoms with E-state index in [1.54, 1.807) is 0 Å². The number of nitrogens with zero attached hydrogens (tertiary/aromatic N) is 1. The van der Waals surface area contributed by atoms with Crippen molar-refractivity contribution in [3.8, 4) is 0 Å². The van der Waals surface area contributed by atoms with Crippen LogP contribution in [0.4, 0.5) is 0 Å². The van der Waals surface area contributed by atoms with Crippen LogP contribution in [0.2, 0.25) is 0 Å². The maximum absolute atomic E-state index is 3.55. The van der Waals surface area contributed by atoms with Crippen molar-refractivity contribution in [3.05, 3.63) is 21.9 Å². The first kappa shape index (κ1) is 16.3. The van der Waals surface area contributed by atoms with Crippen LogP contribution in [0.1, 0.15) is 36.9 Å². The van der Waals surface area contributed by atoms with Gasteiger partial charge in [-0.15, -0.1) is 23.7 Å². The molecule has 114 valence electrons. The van der Waals surface area contributed by atoms with Crippen LogP contribution in [0.3, 0.4) is 0 Å². The summed E-state index contributed by atoms with van der Waals surface area (Å²) < 4.78 is 0. The van der Waals surface area contributed by atoms with Crippen LogP contribution in [-0.4, -0.2) is 31.1 Å². The third-order valence-corrected chi connectivity index (χ3v) is 6.06. The number of nitrogens with one attached hydrogen (secondary N) is 1. The smallest absolute Gasteiger partial charge is 0.0328 e. The van der Waals surface area contributed by atoms with Gasteiger partial charge in [0.15, 0.2) is 0 Å². The Labute approximate surface area is 133 Å². The maximum Gasteiger partial charge on any atom is 0.0328 e. The van der Waals surface area contributed by atoms with Crippen molar-refractivity contribution in [3.63, 3.8) is 0 Å². The largest absolute Gasteiger partial charge is 0.316 e. The Kier molecular flexibility index (Phi) is 5.17. The fourth-order valence-corrected chi connectivity index (χ4v) is 4.45. The minimum absolute atomic E-state index is 0. The standard InChI is InChI=1S/C16H26N2S.ClH/c1-16(2,3)15-5-4-14(19-15)11-18-7-6-12-8-17-9-13(12)10-18;/h4-5,12-13,17H,6-11H2,1-3H3;1H. The van der Waals surface area contributed by atoms with Gasteiger partial charge < -0.3 is 5.32 Å². The van der Waals surface area contributed by atoms with Gasteiger partial charge in [0.2, 0.25) is 0 Å². The molecule has 0 bridgehead atoms. The first-order valence-corrected chi connectivity index (χ1v) is 8.36. The van der Waals surface area contributed by atoms with Gasteiger partial charge in [0.1, 0.15) is 0 Å². The minimum Gasteiger partial charge on any atom is -0.316 e. The summed E-state index contributed by atoms with van der Waals surface area (Å²) in [6.45, 7) is 13.1. The summed E-state index contributed by atoms with van der Waals surface area (Å²) >= 11 is 2.00.